The van der Waals surface area contributed by atoms with Gasteiger partial charge in [0, 0.05) is 17.8 Å². The summed E-state index contributed by atoms with van der Waals surface area (Å²) in [6.07, 6.45) is 2.20. The van der Waals surface area contributed by atoms with E-state index < -0.39 is 0 Å². The van der Waals surface area contributed by atoms with E-state index in [9.17, 15) is 0 Å². The smallest absolute Gasteiger partial charge is 0.258 e. The maximum Gasteiger partial charge on any atom is 0.258 e. The third kappa shape index (κ3) is 2.41. The van der Waals surface area contributed by atoms with Crippen molar-refractivity contribution in [1.29, 1.82) is 0 Å². The predicted octanol–water partition coefficient (Wildman–Crippen LogP) is 3.21. The molecule has 0 bridgehead atoms. The average molecular weight is 285 g/mol. The first-order valence-corrected chi connectivity index (χ1v) is 7.25. The van der Waals surface area contributed by atoms with E-state index in [1.165, 1.54) is 0 Å². The van der Waals surface area contributed by atoms with Crippen molar-refractivity contribution < 1.29 is 4.52 Å². The predicted molar refractivity (Wildman–Crippen MR) is 79.9 cm³/mol. The first-order valence-electron chi connectivity index (χ1n) is 7.25. The van der Waals surface area contributed by atoms with Gasteiger partial charge in [0.2, 0.25) is 0 Å². The average Bonchev–Trinajstić information content (AvgIpc) is 2.99. The Morgan fingerprint density at radius 3 is 2.76 bits per heavy atom. The van der Waals surface area contributed by atoms with Crippen LogP contribution in [-0.2, 0) is 6.54 Å². The second-order valence-corrected chi connectivity index (χ2v) is 5.32. The molecular formula is C15H19N5O. The normalized spacial score (nSPS) is 11.4. The van der Waals surface area contributed by atoms with Crippen molar-refractivity contribution in [2.24, 2.45) is 0 Å². The van der Waals surface area contributed by atoms with Gasteiger partial charge in [-0.2, -0.15) is 5.10 Å². The number of pyridine rings is 1. The molecule has 0 unspecified atom stereocenters. The van der Waals surface area contributed by atoms with Crippen LogP contribution in [0.1, 0.15) is 37.0 Å². The van der Waals surface area contributed by atoms with E-state index >= 15 is 0 Å². The second kappa shape index (κ2) is 5.27. The van der Waals surface area contributed by atoms with Crippen LogP contribution in [-0.4, -0.2) is 24.9 Å². The summed E-state index contributed by atoms with van der Waals surface area (Å²) in [6, 6.07) is 2.03. The monoisotopic (exact) mass is 285 g/mol. The van der Waals surface area contributed by atoms with Gasteiger partial charge in [-0.15, -0.1) is 0 Å². The molecule has 0 aliphatic carbocycles. The Balaban J connectivity index is 2.22. The Morgan fingerprint density at radius 2 is 2.00 bits per heavy atom. The van der Waals surface area contributed by atoms with E-state index in [0.29, 0.717) is 5.71 Å². The number of aryl methyl sites for hydroxylation is 4. The molecule has 0 atom stereocenters. The Labute approximate surface area is 123 Å². The van der Waals surface area contributed by atoms with Crippen LogP contribution >= 0.6 is 0 Å². The van der Waals surface area contributed by atoms with Crippen LogP contribution < -0.4 is 0 Å². The molecule has 0 saturated carbocycles. The van der Waals surface area contributed by atoms with Crippen molar-refractivity contribution in [3.8, 4) is 11.4 Å². The van der Waals surface area contributed by atoms with Gasteiger partial charge in [0.1, 0.15) is 5.82 Å². The molecule has 21 heavy (non-hydrogen) atoms. The highest BCUT2D eigenvalue weighted by Crippen LogP contribution is 2.30. The number of fused-ring (bicyclic) bond motifs is 1. The molecule has 110 valence electrons. The third-order valence-corrected chi connectivity index (χ3v) is 3.49. The van der Waals surface area contributed by atoms with Gasteiger partial charge >= 0.3 is 0 Å². The summed E-state index contributed by atoms with van der Waals surface area (Å²) >= 11 is 0. The minimum Gasteiger partial charge on any atom is -0.336 e. The molecule has 3 aromatic heterocycles. The van der Waals surface area contributed by atoms with Gasteiger partial charge < -0.3 is 4.52 Å². The van der Waals surface area contributed by atoms with Crippen LogP contribution in [0.2, 0.25) is 0 Å². The first-order chi connectivity index (χ1) is 10.1. The van der Waals surface area contributed by atoms with Gasteiger partial charge in [-0.05, 0) is 33.3 Å². The van der Waals surface area contributed by atoms with Crippen LogP contribution in [0.15, 0.2) is 10.6 Å². The molecule has 0 saturated heterocycles. The first kappa shape index (κ1) is 13.7. The highest BCUT2D eigenvalue weighted by Gasteiger charge is 2.18. The zero-order valence-corrected chi connectivity index (χ0v) is 12.8. The number of aromatic nitrogens is 5. The lowest BCUT2D eigenvalue weighted by atomic mass is 10.1. The van der Waals surface area contributed by atoms with E-state index in [1.807, 2.05) is 31.5 Å². The highest BCUT2D eigenvalue weighted by atomic mass is 16.5. The van der Waals surface area contributed by atoms with Crippen molar-refractivity contribution in [1.82, 2.24) is 24.9 Å². The number of hydrogen-bond donors (Lipinski definition) is 0. The summed E-state index contributed by atoms with van der Waals surface area (Å²) in [5.74, 6) is 1.64. The Kier molecular flexibility index (Phi) is 3.45. The molecule has 0 amide bonds. The second-order valence-electron chi connectivity index (χ2n) is 5.32. The fourth-order valence-electron chi connectivity index (χ4n) is 2.51. The van der Waals surface area contributed by atoms with E-state index in [0.717, 1.165) is 53.4 Å². The molecule has 0 fully saturated rings. The highest BCUT2D eigenvalue weighted by molar-refractivity contribution is 5.91. The van der Waals surface area contributed by atoms with Crippen molar-refractivity contribution in [3.05, 3.63) is 23.3 Å². The molecule has 3 aromatic rings. The molecule has 6 nitrogen and oxygen atoms in total. The van der Waals surface area contributed by atoms with Crippen LogP contribution in [0.4, 0.5) is 0 Å². The lowest BCUT2D eigenvalue weighted by Crippen LogP contribution is -2.03. The van der Waals surface area contributed by atoms with Crippen molar-refractivity contribution in [3.63, 3.8) is 0 Å². The molecule has 3 rings (SSSR count). The molecule has 0 N–H and O–H groups in total. The van der Waals surface area contributed by atoms with E-state index in [1.54, 1.807) is 0 Å². The lowest BCUT2D eigenvalue weighted by molar-refractivity contribution is 0.442. The molecule has 0 aromatic carbocycles. The van der Waals surface area contributed by atoms with Crippen molar-refractivity contribution in [2.45, 2.75) is 47.1 Å². The molecule has 0 aliphatic heterocycles. The largest absolute Gasteiger partial charge is 0.336 e. The van der Waals surface area contributed by atoms with Gasteiger partial charge in [-0.1, -0.05) is 18.5 Å². The van der Waals surface area contributed by atoms with Crippen LogP contribution in [0.3, 0.4) is 0 Å². The molecule has 0 radical (unpaired) electrons. The summed E-state index contributed by atoms with van der Waals surface area (Å²) in [7, 11) is 0. The standard InChI is InChI=1S/C15H19N5O/c1-5-6-7-20-14(17-11(4)18-20)12-8-9(2)16-15-13(12)10(3)19-21-15/h8H,5-7H2,1-4H3. The van der Waals surface area contributed by atoms with Crippen LogP contribution in [0, 0.1) is 20.8 Å². The fourth-order valence-corrected chi connectivity index (χ4v) is 2.51. The zero-order chi connectivity index (χ0) is 15.0. The summed E-state index contributed by atoms with van der Waals surface area (Å²) in [5.41, 5.74) is 3.27. The van der Waals surface area contributed by atoms with Gasteiger partial charge in [-0.25, -0.2) is 14.6 Å². The minimum atomic E-state index is 0.560. The zero-order valence-electron chi connectivity index (χ0n) is 12.8. The lowest BCUT2D eigenvalue weighted by Gasteiger charge is -2.07. The molecule has 0 spiro atoms. The van der Waals surface area contributed by atoms with Gasteiger partial charge in [-0.3, -0.25) is 0 Å². The van der Waals surface area contributed by atoms with Crippen LogP contribution in [0.5, 0.6) is 0 Å². The van der Waals surface area contributed by atoms with E-state index in [-0.39, 0.29) is 0 Å². The summed E-state index contributed by atoms with van der Waals surface area (Å²) < 4.78 is 7.27. The van der Waals surface area contributed by atoms with Crippen LogP contribution in [0.25, 0.3) is 22.5 Å². The Morgan fingerprint density at radius 1 is 1.19 bits per heavy atom. The summed E-state index contributed by atoms with van der Waals surface area (Å²) in [5, 5.41) is 9.46. The molecule has 0 aliphatic rings. The molecular weight excluding hydrogens is 266 g/mol. The Bertz CT molecular complexity index is 787. The summed E-state index contributed by atoms with van der Waals surface area (Å²) in [6.45, 7) is 8.81. The maximum atomic E-state index is 5.30. The maximum absolute atomic E-state index is 5.30. The quantitative estimate of drug-likeness (QED) is 0.736. The number of unbranched alkanes of at least 4 members (excludes halogenated alkanes) is 1. The van der Waals surface area contributed by atoms with Gasteiger partial charge in [0.15, 0.2) is 5.82 Å². The molecule has 6 heteroatoms. The topological polar surface area (TPSA) is 69.6 Å². The third-order valence-electron chi connectivity index (χ3n) is 3.49. The fraction of sp³-hybridized carbons (Fsp3) is 0.467. The van der Waals surface area contributed by atoms with E-state index in [2.05, 4.69) is 27.1 Å². The minimum absolute atomic E-state index is 0.560. The number of nitrogens with zero attached hydrogens (tertiary/aromatic N) is 5. The van der Waals surface area contributed by atoms with E-state index in [4.69, 9.17) is 4.52 Å². The number of rotatable bonds is 4. The van der Waals surface area contributed by atoms with Crippen molar-refractivity contribution in [2.75, 3.05) is 0 Å². The SMILES string of the molecule is CCCCn1nc(C)nc1-c1cc(C)nc2onc(C)c12. The summed E-state index contributed by atoms with van der Waals surface area (Å²) in [4.78, 5) is 9.00. The number of hydrogen-bond acceptors (Lipinski definition) is 5. The Hall–Kier alpha value is -2.24. The van der Waals surface area contributed by atoms with Gasteiger partial charge in [0.25, 0.3) is 5.71 Å². The van der Waals surface area contributed by atoms with Crippen molar-refractivity contribution >= 4 is 11.1 Å². The molecule has 3 heterocycles. The van der Waals surface area contributed by atoms with Gasteiger partial charge in [0.05, 0.1) is 11.1 Å².